The number of hydrogen-bond acceptors (Lipinski definition) is 4. The van der Waals surface area contributed by atoms with Crippen molar-refractivity contribution in [1.29, 1.82) is 0 Å². The molecule has 1 fully saturated rings. The van der Waals surface area contributed by atoms with Crippen molar-refractivity contribution < 1.29 is 19.5 Å². The first kappa shape index (κ1) is 23.8. The highest BCUT2D eigenvalue weighted by Gasteiger charge is 2.34. The van der Waals surface area contributed by atoms with Crippen LogP contribution in [0.3, 0.4) is 0 Å². The van der Waals surface area contributed by atoms with Gasteiger partial charge in [-0.25, -0.2) is 0 Å². The van der Waals surface area contributed by atoms with E-state index in [4.69, 9.17) is 5.11 Å². The molecule has 31 heavy (non-hydrogen) atoms. The van der Waals surface area contributed by atoms with Crippen LogP contribution in [0.2, 0.25) is 0 Å². The molecule has 0 radical (unpaired) electrons. The summed E-state index contributed by atoms with van der Waals surface area (Å²) in [5, 5.41) is 15.7. The fraction of sp³-hybridized carbons (Fsp3) is 0.708. The molecule has 0 aromatic carbocycles. The lowest BCUT2D eigenvalue weighted by atomic mass is 9.72. The smallest absolute Gasteiger partial charge is 0.303 e. The van der Waals surface area contributed by atoms with E-state index in [1.807, 2.05) is 0 Å². The van der Waals surface area contributed by atoms with Gasteiger partial charge >= 0.3 is 5.97 Å². The average molecular weight is 449 g/mol. The zero-order chi connectivity index (χ0) is 22.8. The van der Waals surface area contributed by atoms with Crippen LogP contribution in [0.15, 0.2) is 0 Å². The Labute approximate surface area is 189 Å². The summed E-state index contributed by atoms with van der Waals surface area (Å²) < 4.78 is 0. The van der Waals surface area contributed by atoms with Crippen molar-refractivity contribution in [3.8, 4) is 0 Å². The second kappa shape index (κ2) is 9.72. The van der Waals surface area contributed by atoms with Gasteiger partial charge in [0.25, 0.3) is 5.91 Å². The molecule has 0 aliphatic heterocycles. The molecule has 2 aliphatic rings. The molecule has 2 aliphatic carbocycles. The molecule has 172 valence electrons. The Morgan fingerprint density at radius 3 is 2.42 bits per heavy atom. The molecule has 1 aromatic heterocycles. The number of carbonyl (C=O) groups excluding carboxylic acids is 2. The Hall–Kier alpha value is -1.89. The predicted molar refractivity (Wildman–Crippen MR) is 124 cm³/mol. The lowest BCUT2D eigenvalue weighted by Gasteiger charge is -2.33. The van der Waals surface area contributed by atoms with Crippen LogP contribution in [-0.4, -0.2) is 28.9 Å². The third-order valence-electron chi connectivity index (χ3n) is 6.72. The Morgan fingerprint density at radius 1 is 1.13 bits per heavy atom. The van der Waals surface area contributed by atoms with E-state index in [9.17, 15) is 14.4 Å². The van der Waals surface area contributed by atoms with E-state index in [1.54, 1.807) is 6.92 Å². The summed E-state index contributed by atoms with van der Waals surface area (Å²) in [6.07, 6.45) is 7.22. The number of thiophene rings is 1. The van der Waals surface area contributed by atoms with Crippen molar-refractivity contribution in [2.24, 2.45) is 17.3 Å². The molecule has 1 aromatic rings. The summed E-state index contributed by atoms with van der Waals surface area (Å²) in [7, 11) is 0. The van der Waals surface area contributed by atoms with Crippen molar-refractivity contribution >= 4 is 34.1 Å². The van der Waals surface area contributed by atoms with Gasteiger partial charge in [-0.2, -0.15) is 0 Å². The molecule has 0 saturated heterocycles. The average Bonchev–Trinajstić information content (AvgIpc) is 3.26. The van der Waals surface area contributed by atoms with Gasteiger partial charge in [0.1, 0.15) is 5.00 Å². The van der Waals surface area contributed by atoms with Gasteiger partial charge in [-0.3, -0.25) is 14.4 Å². The number of aliphatic carboxylic acids is 1. The number of amides is 2. The zero-order valence-electron chi connectivity index (χ0n) is 19.2. The van der Waals surface area contributed by atoms with Crippen LogP contribution < -0.4 is 10.6 Å². The molecule has 0 unspecified atom stereocenters. The minimum atomic E-state index is -0.906. The van der Waals surface area contributed by atoms with Gasteiger partial charge in [-0.1, -0.05) is 40.5 Å². The summed E-state index contributed by atoms with van der Waals surface area (Å²) in [6.45, 7) is 8.54. The number of rotatable bonds is 7. The van der Waals surface area contributed by atoms with Crippen molar-refractivity contribution in [3.63, 3.8) is 0 Å². The van der Waals surface area contributed by atoms with Crippen LogP contribution in [0.25, 0.3) is 0 Å². The number of carbonyl (C=O) groups is 3. The maximum absolute atomic E-state index is 13.2. The minimum Gasteiger partial charge on any atom is -0.481 e. The van der Waals surface area contributed by atoms with Gasteiger partial charge in [0.15, 0.2) is 0 Å². The molecule has 3 N–H and O–H groups in total. The van der Waals surface area contributed by atoms with E-state index in [2.05, 4.69) is 31.4 Å². The largest absolute Gasteiger partial charge is 0.481 e. The van der Waals surface area contributed by atoms with E-state index in [-0.39, 0.29) is 42.0 Å². The Bertz CT molecular complexity index is 833. The zero-order valence-corrected chi connectivity index (χ0v) is 20.0. The minimum absolute atomic E-state index is 0.0450. The fourth-order valence-electron chi connectivity index (χ4n) is 4.85. The summed E-state index contributed by atoms with van der Waals surface area (Å²) in [5.41, 5.74) is 1.93. The second-order valence-corrected chi connectivity index (χ2v) is 11.5. The Kier molecular flexibility index (Phi) is 7.45. The van der Waals surface area contributed by atoms with Gasteiger partial charge in [0.2, 0.25) is 5.91 Å². The molecule has 2 amide bonds. The quantitative estimate of drug-likeness (QED) is 0.546. The predicted octanol–water partition coefficient (Wildman–Crippen LogP) is 5.01. The molecule has 0 spiro atoms. The van der Waals surface area contributed by atoms with Crippen LogP contribution in [0, 0.1) is 17.3 Å². The maximum atomic E-state index is 13.2. The third kappa shape index (κ3) is 6.09. The van der Waals surface area contributed by atoms with Crippen molar-refractivity contribution in [1.82, 2.24) is 5.32 Å². The topological polar surface area (TPSA) is 95.5 Å². The number of carboxylic acids is 1. The number of nitrogens with one attached hydrogen (secondary N) is 2. The molecule has 1 saturated carbocycles. The molecule has 7 heteroatoms. The standard InChI is InChI=1S/C24H36N2O4S/c1-14(12-20(28)29)11-19(27)26-23-21(22(30)25-16-7-5-6-8-16)17-10-9-15(24(2,3)4)13-18(17)31-23/h14-16H,5-13H2,1-4H3,(H,25,30)(H,26,27)(H,28,29)/t14-,15+/m0/s1. The molecular formula is C24H36N2O4S. The van der Waals surface area contributed by atoms with Crippen molar-refractivity contribution in [2.45, 2.75) is 91.5 Å². The van der Waals surface area contributed by atoms with Crippen LogP contribution in [-0.2, 0) is 22.4 Å². The molecule has 3 rings (SSSR count). The van der Waals surface area contributed by atoms with Crippen molar-refractivity contribution in [3.05, 3.63) is 16.0 Å². The van der Waals surface area contributed by atoms with E-state index in [0.29, 0.717) is 16.5 Å². The van der Waals surface area contributed by atoms with Gasteiger partial charge in [-0.15, -0.1) is 11.3 Å². The third-order valence-corrected chi connectivity index (χ3v) is 7.89. The van der Waals surface area contributed by atoms with E-state index < -0.39 is 5.97 Å². The highest BCUT2D eigenvalue weighted by Crippen LogP contribution is 2.44. The maximum Gasteiger partial charge on any atom is 0.303 e. The molecule has 0 bridgehead atoms. The van der Waals surface area contributed by atoms with Crippen LogP contribution in [0.1, 0.15) is 93.4 Å². The monoisotopic (exact) mass is 448 g/mol. The summed E-state index contributed by atoms with van der Waals surface area (Å²) in [6, 6.07) is 0.216. The van der Waals surface area contributed by atoms with E-state index >= 15 is 0 Å². The number of carboxylic acid groups (broad SMARTS) is 1. The first-order valence-corrected chi connectivity index (χ1v) is 12.3. The molecule has 6 nitrogen and oxygen atoms in total. The van der Waals surface area contributed by atoms with Gasteiger partial charge in [0.05, 0.1) is 5.56 Å². The molecule has 1 heterocycles. The van der Waals surface area contributed by atoms with Crippen LogP contribution in [0.5, 0.6) is 0 Å². The van der Waals surface area contributed by atoms with Crippen molar-refractivity contribution in [2.75, 3.05) is 5.32 Å². The number of fused-ring (bicyclic) bond motifs is 1. The van der Waals surface area contributed by atoms with Gasteiger partial charge in [0, 0.05) is 23.8 Å². The fourth-order valence-corrected chi connectivity index (χ4v) is 6.19. The SMILES string of the molecule is C[C@H](CC(=O)O)CC(=O)Nc1sc2c(c1C(=O)NC1CCCC1)CC[C@@H](C(C)(C)C)C2. The first-order chi connectivity index (χ1) is 14.5. The van der Waals surface area contributed by atoms with Crippen LogP contribution >= 0.6 is 11.3 Å². The highest BCUT2D eigenvalue weighted by atomic mass is 32.1. The summed E-state index contributed by atoms with van der Waals surface area (Å²) >= 11 is 1.53. The molecular weight excluding hydrogens is 412 g/mol. The Morgan fingerprint density at radius 2 is 1.81 bits per heavy atom. The molecule has 2 atom stereocenters. The number of hydrogen-bond donors (Lipinski definition) is 3. The normalized spacial score (nSPS) is 20.2. The lowest BCUT2D eigenvalue weighted by Crippen LogP contribution is -2.34. The second-order valence-electron chi connectivity index (χ2n) is 10.4. The van der Waals surface area contributed by atoms with Gasteiger partial charge < -0.3 is 15.7 Å². The highest BCUT2D eigenvalue weighted by molar-refractivity contribution is 7.17. The van der Waals surface area contributed by atoms with E-state index in [1.165, 1.54) is 16.2 Å². The van der Waals surface area contributed by atoms with Gasteiger partial charge in [-0.05, 0) is 54.9 Å². The summed E-state index contributed by atoms with van der Waals surface area (Å²) in [4.78, 5) is 38.0. The summed E-state index contributed by atoms with van der Waals surface area (Å²) in [5.74, 6) is -0.921. The van der Waals surface area contributed by atoms with E-state index in [0.717, 1.165) is 50.5 Å². The van der Waals surface area contributed by atoms with Crippen LogP contribution in [0.4, 0.5) is 5.00 Å². The lowest BCUT2D eigenvalue weighted by molar-refractivity contribution is -0.138. The first-order valence-electron chi connectivity index (χ1n) is 11.5. The Balaban J connectivity index is 1.82. The number of anilines is 1.